The molecule has 1 N–H and O–H groups in total. The number of carbonyl (C=O) groups is 2. The molecule has 3 aromatic rings. The van der Waals surface area contributed by atoms with Gasteiger partial charge in [-0.3, -0.25) is 9.59 Å². The molecule has 0 aliphatic carbocycles. The number of aromatic amines is 1. The lowest BCUT2D eigenvalue weighted by Gasteiger charge is -2.48. The van der Waals surface area contributed by atoms with E-state index >= 15 is 0 Å². The molecule has 1 unspecified atom stereocenters. The summed E-state index contributed by atoms with van der Waals surface area (Å²) in [6.07, 6.45) is 2.20. The summed E-state index contributed by atoms with van der Waals surface area (Å²) in [6, 6.07) is 14.9. The first-order valence-electron chi connectivity index (χ1n) is 10.5. The summed E-state index contributed by atoms with van der Waals surface area (Å²) in [5, 5.41) is 1.13. The zero-order valence-corrected chi connectivity index (χ0v) is 16.8. The Morgan fingerprint density at radius 3 is 2.60 bits per heavy atom. The topological polar surface area (TPSA) is 65.6 Å². The molecule has 2 amide bonds. The van der Waals surface area contributed by atoms with Crippen LogP contribution in [-0.4, -0.2) is 52.3 Å². The van der Waals surface area contributed by atoms with Crippen LogP contribution >= 0.6 is 0 Å². The van der Waals surface area contributed by atoms with Gasteiger partial charge in [0.1, 0.15) is 17.8 Å². The van der Waals surface area contributed by atoms with Crippen molar-refractivity contribution >= 4 is 22.7 Å². The lowest BCUT2D eigenvalue weighted by atomic mass is 9.85. The average Bonchev–Trinajstić information content (AvgIpc) is 3.41. The van der Waals surface area contributed by atoms with E-state index in [1.807, 2.05) is 46.2 Å². The summed E-state index contributed by atoms with van der Waals surface area (Å²) in [5.41, 5.74) is 4.19. The Morgan fingerprint density at radius 1 is 1.00 bits per heavy atom. The number of rotatable bonds is 2. The number of para-hydroxylation sites is 1. The van der Waals surface area contributed by atoms with Gasteiger partial charge in [-0.05, 0) is 42.2 Å². The number of nitrogens with zero attached hydrogens (tertiary/aromatic N) is 2. The molecule has 4 heterocycles. The molecule has 2 aromatic carbocycles. The number of hydrogen-bond acceptors (Lipinski definition) is 3. The van der Waals surface area contributed by atoms with Crippen LogP contribution in [0.5, 0.6) is 5.75 Å². The molecule has 3 atom stereocenters. The van der Waals surface area contributed by atoms with E-state index in [9.17, 15) is 9.59 Å². The van der Waals surface area contributed by atoms with Crippen LogP contribution in [0.3, 0.4) is 0 Å². The summed E-state index contributed by atoms with van der Waals surface area (Å²) >= 11 is 0. The minimum atomic E-state index is -0.453. The van der Waals surface area contributed by atoms with E-state index < -0.39 is 6.04 Å². The Bertz CT molecular complexity index is 1170. The number of hydrogen-bond donors (Lipinski definition) is 1. The van der Waals surface area contributed by atoms with Crippen LogP contribution in [-0.2, 0) is 16.0 Å². The first kappa shape index (κ1) is 17.6. The summed E-state index contributed by atoms with van der Waals surface area (Å²) in [5.74, 6) is 0.930. The predicted octanol–water partition coefficient (Wildman–Crippen LogP) is 3.02. The lowest BCUT2D eigenvalue weighted by Crippen LogP contribution is -2.65. The Morgan fingerprint density at radius 2 is 1.80 bits per heavy atom. The van der Waals surface area contributed by atoms with E-state index in [2.05, 4.69) is 17.1 Å². The molecule has 0 saturated carbocycles. The van der Waals surface area contributed by atoms with E-state index in [0.717, 1.165) is 46.3 Å². The number of ether oxygens (including phenoxy) is 1. The van der Waals surface area contributed by atoms with Crippen LogP contribution in [0.4, 0.5) is 0 Å². The Labute approximate surface area is 174 Å². The maximum Gasteiger partial charge on any atom is 0.246 e. The fourth-order valence-corrected chi connectivity index (χ4v) is 5.54. The van der Waals surface area contributed by atoms with E-state index in [-0.39, 0.29) is 23.9 Å². The van der Waals surface area contributed by atoms with Gasteiger partial charge in [-0.2, -0.15) is 0 Å². The number of benzene rings is 2. The van der Waals surface area contributed by atoms with Gasteiger partial charge >= 0.3 is 0 Å². The zero-order valence-electron chi connectivity index (χ0n) is 16.8. The molecule has 6 rings (SSSR count). The van der Waals surface area contributed by atoms with E-state index in [1.165, 1.54) is 0 Å². The summed E-state index contributed by atoms with van der Waals surface area (Å²) in [4.78, 5) is 34.3. The van der Waals surface area contributed by atoms with Gasteiger partial charge < -0.3 is 19.5 Å². The molecule has 30 heavy (non-hydrogen) atoms. The van der Waals surface area contributed by atoms with Crippen molar-refractivity contribution in [1.29, 1.82) is 0 Å². The Hall–Kier alpha value is -3.28. The molecule has 0 spiro atoms. The quantitative estimate of drug-likeness (QED) is 0.718. The van der Waals surface area contributed by atoms with Crippen LogP contribution in [0.25, 0.3) is 10.9 Å². The highest BCUT2D eigenvalue weighted by molar-refractivity contribution is 5.99. The van der Waals surface area contributed by atoms with Gasteiger partial charge in [0, 0.05) is 29.6 Å². The van der Waals surface area contributed by atoms with Crippen LogP contribution in [0.15, 0.2) is 48.5 Å². The summed E-state index contributed by atoms with van der Waals surface area (Å²) in [7, 11) is 1.64. The third-order valence-electron chi connectivity index (χ3n) is 6.92. The second-order valence-electron chi connectivity index (χ2n) is 8.39. The molecule has 6 nitrogen and oxygen atoms in total. The number of piperazine rings is 1. The van der Waals surface area contributed by atoms with Crippen molar-refractivity contribution in [3.05, 3.63) is 65.4 Å². The molecule has 3 aliphatic heterocycles. The Balaban J connectivity index is 1.57. The van der Waals surface area contributed by atoms with Crippen molar-refractivity contribution in [2.75, 3.05) is 13.7 Å². The molecule has 0 radical (unpaired) electrons. The van der Waals surface area contributed by atoms with Gasteiger partial charge in [0.05, 0.1) is 13.2 Å². The van der Waals surface area contributed by atoms with Crippen molar-refractivity contribution in [3.8, 4) is 5.75 Å². The number of carbonyl (C=O) groups excluding carboxylic acids is 2. The molecule has 1 aromatic heterocycles. The van der Waals surface area contributed by atoms with Crippen LogP contribution in [0.1, 0.15) is 35.7 Å². The number of amides is 2. The summed E-state index contributed by atoms with van der Waals surface area (Å²) < 4.78 is 5.33. The SMILES string of the molecule is COc1ccc(C2c3[nH]c4ccccc4c3C[C@H]3C(=O)N4CCC[C@H]4C(=O)N23)cc1. The van der Waals surface area contributed by atoms with Gasteiger partial charge in [0.25, 0.3) is 0 Å². The minimum absolute atomic E-state index is 0.0715. The predicted molar refractivity (Wildman–Crippen MR) is 112 cm³/mol. The molecular weight excluding hydrogens is 378 g/mol. The normalized spacial score (nSPS) is 25.3. The maximum absolute atomic E-state index is 13.6. The van der Waals surface area contributed by atoms with Crippen molar-refractivity contribution in [1.82, 2.24) is 14.8 Å². The van der Waals surface area contributed by atoms with Gasteiger partial charge in [-0.25, -0.2) is 0 Å². The van der Waals surface area contributed by atoms with E-state index in [0.29, 0.717) is 13.0 Å². The highest BCUT2D eigenvalue weighted by Crippen LogP contribution is 2.44. The first-order valence-corrected chi connectivity index (χ1v) is 10.5. The number of methoxy groups -OCH3 is 1. The highest BCUT2D eigenvalue weighted by Gasteiger charge is 2.53. The van der Waals surface area contributed by atoms with Crippen molar-refractivity contribution < 1.29 is 14.3 Å². The minimum Gasteiger partial charge on any atom is -0.497 e. The molecule has 2 fully saturated rings. The maximum atomic E-state index is 13.6. The van der Waals surface area contributed by atoms with E-state index in [4.69, 9.17) is 4.74 Å². The van der Waals surface area contributed by atoms with Gasteiger partial charge in [0.15, 0.2) is 0 Å². The van der Waals surface area contributed by atoms with Crippen LogP contribution in [0.2, 0.25) is 0 Å². The van der Waals surface area contributed by atoms with Crippen molar-refractivity contribution in [3.63, 3.8) is 0 Å². The largest absolute Gasteiger partial charge is 0.497 e. The Kier molecular flexibility index (Phi) is 3.72. The molecule has 152 valence electrons. The second-order valence-corrected chi connectivity index (χ2v) is 8.39. The monoisotopic (exact) mass is 401 g/mol. The van der Waals surface area contributed by atoms with Gasteiger partial charge in [-0.15, -0.1) is 0 Å². The average molecular weight is 401 g/mol. The zero-order chi connectivity index (χ0) is 20.4. The van der Waals surface area contributed by atoms with Crippen molar-refractivity contribution in [2.24, 2.45) is 0 Å². The number of H-pyrrole nitrogens is 1. The van der Waals surface area contributed by atoms with Crippen LogP contribution < -0.4 is 4.74 Å². The smallest absolute Gasteiger partial charge is 0.246 e. The van der Waals surface area contributed by atoms with Crippen molar-refractivity contribution in [2.45, 2.75) is 37.4 Å². The highest BCUT2D eigenvalue weighted by atomic mass is 16.5. The van der Waals surface area contributed by atoms with Crippen LogP contribution in [0, 0.1) is 0 Å². The second kappa shape index (κ2) is 6.36. The molecule has 2 saturated heterocycles. The third kappa shape index (κ3) is 2.30. The number of fused-ring (bicyclic) bond motifs is 5. The summed E-state index contributed by atoms with van der Waals surface area (Å²) in [6.45, 7) is 0.688. The fourth-order valence-electron chi connectivity index (χ4n) is 5.54. The number of nitrogens with one attached hydrogen (secondary N) is 1. The molecule has 0 bridgehead atoms. The third-order valence-corrected chi connectivity index (χ3v) is 6.92. The first-order chi connectivity index (χ1) is 14.7. The molecular formula is C24H23N3O3. The molecule has 3 aliphatic rings. The van der Waals surface area contributed by atoms with Gasteiger partial charge in [0.2, 0.25) is 11.8 Å². The molecule has 6 heteroatoms. The lowest BCUT2D eigenvalue weighted by molar-refractivity contribution is -0.162. The fraction of sp³-hybridized carbons (Fsp3) is 0.333. The standard InChI is InChI=1S/C24H23N3O3/c1-30-15-10-8-14(9-11-15)22-21-17(16-5-2-3-6-18(16)25-21)13-20-23(28)26-12-4-7-19(26)24(29)27(20)22/h2-3,5-6,8-11,19-20,22,25H,4,7,12-13H2,1H3/t19-,20-,22?/m0/s1. The van der Waals surface area contributed by atoms with E-state index in [1.54, 1.807) is 7.11 Å². The van der Waals surface area contributed by atoms with Gasteiger partial charge in [-0.1, -0.05) is 30.3 Å². The number of aromatic nitrogens is 1.